The van der Waals surface area contributed by atoms with Crippen LogP contribution in [0.25, 0.3) is 11.3 Å². The monoisotopic (exact) mass is 418 g/mol. The number of carbonyl (C=O) groups is 1. The summed E-state index contributed by atoms with van der Waals surface area (Å²) in [7, 11) is 3.11. The maximum atomic E-state index is 12.3. The van der Waals surface area contributed by atoms with Crippen molar-refractivity contribution in [1.82, 2.24) is 15.6 Å². The molecule has 2 N–H and O–H groups in total. The molecule has 0 fully saturated rings. The van der Waals surface area contributed by atoms with Crippen LogP contribution in [0.15, 0.2) is 47.6 Å². The molecular weight excluding hydrogens is 403 g/mol. The van der Waals surface area contributed by atoms with Gasteiger partial charge in [-0.25, -0.2) is 5.43 Å². The summed E-state index contributed by atoms with van der Waals surface area (Å²) in [6, 6.07) is 12.1. The fraction of sp³-hybridized carbons (Fsp3) is 0.105. The van der Waals surface area contributed by atoms with Crippen LogP contribution in [0, 0.1) is 0 Å². The van der Waals surface area contributed by atoms with E-state index in [4.69, 9.17) is 32.7 Å². The lowest BCUT2D eigenvalue weighted by molar-refractivity contribution is 0.0950. The molecule has 0 unspecified atom stereocenters. The lowest BCUT2D eigenvalue weighted by Gasteiger charge is -2.08. The molecule has 0 aliphatic carbocycles. The lowest BCUT2D eigenvalue weighted by atomic mass is 10.1. The molecular formula is C19H16Cl2N4O3. The highest BCUT2D eigenvalue weighted by molar-refractivity contribution is 6.43. The summed E-state index contributed by atoms with van der Waals surface area (Å²) < 4.78 is 10.5. The first-order valence-corrected chi connectivity index (χ1v) is 8.84. The number of amides is 1. The molecule has 0 aliphatic rings. The fourth-order valence-corrected chi connectivity index (χ4v) is 2.78. The average molecular weight is 419 g/mol. The maximum absolute atomic E-state index is 12.3. The number of aromatic amines is 1. The van der Waals surface area contributed by atoms with Crippen LogP contribution >= 0.6 is 23.2 Å². The summed E-state index contributed by atoms with van der Waals surface area (Å²) >= 11 is 12.0. The Kier molecular flexibility index (Phi) is 6.18. The van der Waals surface area contributed by atoms with E-state index in [0.29, 0.717) is 32.8 Å². The number of nitrogens with zero attached hydrogens (tertiary/aromatic N) is 2. The van der Waals surface area contributed by atoms with Gasteiger partial charge in [-0.15, -0.1) is 0 Å². The molecule has 0 radical (unpaired) electrons. The molecule has 2 aromatic carbocycles. The van der Waals surface area contributed by atoms with Crippen LogP contribution in [0.5, 0.6) is 11.5 Å². The topological polar surface area (TPSA) is 88.6 Å². The highest BCUT2D eigenvalue weighted by Crippen LogP contribution is 2.31. The molecule has 144 valence electrons. The van der Waals surface area contributed by atoms with Crippen molar-refractivity contribution in [3.63, 3.8) is 0 Å². The van der Waals surface area contributed by atoms with Crippen molar-refractivity contribution < 1.29 is 14.3 Å². The van der Waals surface area contributed by atoms with Crippen LogP contribution in [0.2, 0.25) is 10.0 Å². The van der Waals surface area contributed by atoms with Gasteiger partial charge < -0.3 is 9.47 Å². The quantitative estimate of drug-likeness (QED) is 0.464. The second-order valence-corrected chi connectivity index (χ2v) is 6.36. The lowest BCUT2D eigenvalue weighted by Crippen LogP contribution is -2.18. The number of halogens is 2. The summed E-state index contributed by atoms with van der Waals surface area (Å²) in [6.45, 7) is 0. The van der Waals surface area contributed by atoms with E-state index in [1.165, 1.54) is 6.21 Å². The number of H-pyrrole nitrogens is 1. The Morgan fingerprint density at radius 3 is 2.68 bits per heavy atom. The zero-order valence-electron chi connectivity index (χ0n) is 15.0. The van der Waals surface area contributed by atoms with Gasteiger partial charge in [-0.05, 0) is 30.3 Å². The third kappa shape index (κ3) is 4.27. The van der Waals surface area contributed by atoms with Crippen LogP contribution < -0.4 is 14.9 Å². The molecule has 0 spiro atoms. The Balaban J connectivity index is 1.72. The largest absolute Gasteiger partial charge is 0.493 e. The molecule has 3 aromatic rings. The number of hydrogen-bond donors (Lipinski definition) is 2. The van der Waals surface area contributed by atoms with Crippen LogP contribution in [-0.4, -0.2) is 36.5 Å². The Bertz CT molecular complexity index is 1030. The third-order valence-corrected chi connectivity index (χ3v) is 4.69. The van der Waals surface area contributed by atoms with Gasteiger partial charge in [0.2, 0.25) is 0 Å². The number of hydrogen-bond acceptors (Lipinski definition) is 5. The van der Waals surface area contributed by atoms with E-state index in [-0.39, 0.29) is 5.69 Å². The van der Waals surface area contributed by atoms with Gasteiger partial charge in [0.15, 0.2) is 11.5 Å². The van der Waals surface area contributed by atoms with E-state index in [1.54, 1.807) is 50.6 Å². The third-order valence-electron chi connectivity index (χ3n) is 3.85. The first kappa shape index (κ1) is 19.7. The highest BCUT2D eigenvalue weighted by atomic mass is 35.5. The van der Waals surface area contributed by atoms with E-state index in [0.717, 1.165) is 5.56 Å². The van der Waals surface area contributed by atoms with Crippen molar-refractivity contribution in [2.24, 2.45) is 5.10 Å². The molecule has 1 heterocycles. The zero-order valence-corrected chi connectivity index (χ0v) is 16.5. The van der Waals surface area contributed by atoms with Crippen molar-refractivity contribution in [2.45, 2.75) is 0 Å². The van der Waals surface area contributed by atoms with Crippen molar-refractivity contribution in [3.8, 4) is 22.8 Å². The van der Waals surface area contributed by atoms with Crippen LogP contribution in [-0.2, 0) is 0 Å². The molecule has 0 bridgehead atoms. The van der Waals surface area contributed by atoms with Gasteiger partial charge in [0.1, 0.15) is 5.69 Å². The highest BCUT2D eigenvalue weighted by Gasteiger charge is 2.13. The van der Waals surface area contributed by atoms with Crippen molar-refractivity contribution in [1.29, 1.82) is 0 Å². The first-order chi connectivity index (χ1) is 13.5. The number of nitrogens with one attached hydrogen (secondary N) is 2. The first-order valence-electron chi connectivity index (χ1n) is 8.08. The van der Waals surface area contributed by atoms with Gasteiger partial charge in [-0.3, -0.25) is 9.89 Å². The van der Waals surface area contributed by atoms with Crippen LogP contribution in [0.1, 0.15) is 16.1 Å². The fourth-order valence-electron chi connectivity index (χ4n) is 2.42. The SMILES string of the molecule is COc1ccc(-c2cc(C(=O)N/N=C\c3cccc(Cl)c3Cl)[nH]n2)cc1OC. The molecule has 0 aliphatic heterocycles. The Morgan fingerprint density at radius 1 is 1.14 bits per heavy atom. The summed E-state index contributed by atoms with van der Waals surface area (Å²) in [4.78, 5) is 12.3. The molecule has 1 aromatic heterocycles. The van der Waals surface area contributed by atoms with Gasteiger partial charge in [0.05, 0.1) is 36.2 Å². The van der Waals surface area contributed by atoms with E-state index in [1.807, 2.05) is 6.07 Å². The van der Waals surface area contributed by atoms with E-state index >= 15 is 0 Å². The summed E-state index contributed by atoms with van der Waals surface area (Å²) in [5.74, 6) is 0.722. The number of aromatic nitrogens is 2. The van der Waals surface area contributed by atoms with Gasteiger partial charge in [-0.1, -0.05) is 35.3 Å². The van der Waals surface area contributed by atoms with Gasteiger partial charge in [-0.2, -0.15) is 10.2 Å². The summed E-state index contributed by atoms with van der Waals surface area (Å²) in [6.07, 6.45) is 1.41. The molecule has 1 amide bonds. The molecule has 9 heteroatoms. The molecule has 7 nitrogen and oxygen atoms in total. The second kappa shape index (κ2) is 8.77. The second-order valence-electron chi connectivity index (χ2n) is 5.58. The number of methoxy groups -OCH3 is 2. The number of hydrazone groups is 1. The molecule has 0 saturated carbocycles. The number of carbonyl (C=O) groups excluding carboxylic acids is 1. The number of benzene rings is 2. The van der Waals surface area contributed by atoms with E-state index in [2.05, 4.69) is 20.7 Å². The molecule has 3 rings (SSSR count). The molecule has 28 heavy (non-hydrogen) atoms. The maximum Gasteiger partial charge on any atom is 0.289 e. The Labute approximate surface area is 171 Å². The average Bonchev–Trinajstić information content (AvgIpc) is 3.21. The predicted molar refractivity (Wildman–Crippen MR) is 109 cm³/mol. The smallest absolute Gasteiger partial charge is 0.289 e. The normalized spacial score (nSPS) is 10.9. The van der Waals surface area contributed by atoms with Crippen LogP contribution in [0.3, 0.4) is 0 Å². The summed E-state index contributed by atoms with van der Waals surface area (Å²) in [5, 5.41) is 11.5. The van der Waals surface area contributed by atoms with E-state index in [9.17, 15) is 4.79 Å². The van der Waals surface area contributed by atoms with Gasteiger partial charge in [0, 0.05) is 11.1 Å². The van der Waals surface area contributed by atoms with Gasteiger partial charge >= 0.3 is 0 Å². The minimum atomic E-state index is -0.450. The van der Waals surface area contributed by atoms with E-state index < -0.39 is 5.91 Å². The summed E-state index contributed by atoms with van der Waals surface area (Å²) in [5.41, 5.74) is 4.59. The predicted octanol–water partition coefficient (Wildman–Crippen LogP) is 4.16. The van der Waals surface area contributed by atoms with Crippen molar-refractivity contribution in [3.05, 3.63) is 63.8 Å². The zero-order chi connectivity index (χ0) is 20.1. The number of rotatable bonds is 6. The minimum Gasteiger partial charge on any atom is -0.493 e. The minimum absolute atomic E-state index is 0.249. The molecule has 0 saturated heterocycles. The Hall–Kier alpha value is -3.03. The van der Waals surface area contributed by atoms with Crippen LogP contribution in [0.4, 0.5) is 0 Å². The Morgan fingerprint density at radius 2 is 1.93 bits per heavy atom. The molecule has 0 atom stereocenters. The van der Waals surface area contributed by atoms with Crippen molar-refractivity contribution in [2.75, 3.05) is 14.2 Å². The number of ether oxygens (including phenoxy) is 2. The van der Waals surface area contributed by atoms with Crippen molar-refractivity contribution >= 4 is 35.3 Å². The van der Waals surface area contributed by atoms with Gasteiger partial charge in [0.25, 0.3) is 5.91 Å². The standard InChI is InChI=1S/C19H16Cl2N4O3/c1-27-16-7-6-11(8-17(16)28-2)14-9-15(24-23-14)19(26)25-22-10-12-4-3-5-13(20)18(12)21/h3-10H,1-2H3,(H,23,24)(H,25,26)/b22-10-.